The van der Waals surface area contributed by atoms with Crippen molar-refractivity contribution in [2.75, 3.05) is 34.7 Å². The molecule has 0 bridgehead atoms. The van der Waals surface area contributed by atoms with Crippen LogP contribution in [0.3, 0.4) is 0 Å². The van der Waals surface area contributed by atoms with Crippen molar-refractivity contribution in [2.24, 2.45) is 5.92 Å². The van der Waals surface area contributed by atoms with Crippen LogP contribution in [-0.4, -0.2) is 52.5 Å². The zero-order valence-electron chi connectivity index (χ0n) is 18.5. The lowest BCUT2D eigenvalue weighted by Gasteiger charge is -2.41. The van der Waals surface area contributed by atoms with E-state index in [1.807, 2.05) is 0 Å². The summed E-state index contributed by atoms with van der Waals surface area (Å²) in [6.45, 7) is 1.30. The van der Waals surface area contributed by atoms with Gasteiger partial charge in [-0.3, -0.25) is 9.59 Å². The molecule has 3 heterocycles. The van der Waals surface area contributed by atoms with Crippen LogP contribution in [0.5, 0.6) is 34.5 Å². The number of benzene rings is 2. The smallest absolute Gasteiger partial charge is 0.317 e. The van der Waals surface area contributed by atoms with Gasteiger partial charge >= 0.3 is 11.9 Å². The lowest BCUT2D eigenvalue weighted by atomic mass is 9.75. The number of hydrogen-bond acceptors (Lipinski definition) is 10. The summed E-state index contributed by atoms with van der Waals surface area (Å²) < 4.78 is 44.7. The summed E-state index contributed by atoms with van der Waals surface area (Å²) in [4.78, 5) is 24.6. The second kappa shape index (κ2) is 7.73. The van der Waals surface area contributed by atoms with Gasteiger partial charge in [0.15, 0.2) is 29.6 Å². The topological polar surface area (TPSA) is 108 Å². The van der Waals surface area contributed by atoms with Crippen molar-refractivity contribution >= 4 is 11.9 Å². The van der Waals surface area contributed by atoms with E-state index in [-0.39, 0.29) is 30.6 Å². The first-order valence-electron chi connectivity index (χ1n) is 10.2. The number of carbonyl (C=O) groups is 2. The van der Waals surface area contributed by atoms with Crippen LogP contribution in [0, 0.1) is 5.92 Å². The molecule has 3 aliphatic rings. The Labute approximate surface area is 189 Å². The maximum atomic E-state index is 13.0. The van der Waals surface area contributed by atoms with E-state index in [0.717, 1.165) is 0 Å². The summed E-state index contributed by atoms with van der Waals surface area (Å²) in [5.74, 6) is -1.52. The Morgan fingerprint density at radius 1 is 0.970 bits per heavy atom. The molecule has 0 radical (unpaired) electrons. The minimum Gasteiger partial charge on any atom is -0.493 e. The SMILES string of the molecule is COc1cc([C@H]2c3cc4c(cc3O[C@]3(OC)COC(=O)[C@H]23)OCO4)cc(OC)c1OC(C)=O. The largest absolute Gasteiger partial charge is 0.493 e. The monoisotopic (exact) mass is 458 g/mol. The first-order chi connectivity index (χ1) is 15.9. The average molecular weight is 458 g/mol. The van der Waals surface area contributed by atoms with E-state index in [1.165, 1.54) is 28.3 Å². The summed E-state index contributed by atoms with van der Waals surface area (Å²) in [6, 6.07) is 6.88. The molecule has 0 saturated carbocycles. The fourth-order valence-electron chi connectivity index (χ4n) is 4.57. The second-order valence-corrected chi connectivity index (χ2v) is 7.77. The van der Waals surface area contributed by atoms with Crippen molar-refractivity contribution in [2.45, 2.75) is 18.6 Å². The van der Waals surface area contributed by atoms with E-state index in [1.54, 1.807) is 24.3 Å². The van der Waals surface area contributed by atoms with E-state index < -0.39 is 29.6 Å². The molecule has 0 unspecified atom stereocenters. The maximum Gasteiger partial charge on any atom is 0.317 e. The lowest BCUT2D eigenvalue weighted by molar-refractivity contribution is -0.195. The number of esters is 2. The average Bonchev–Trinajstić information content (AvgIpc) is 3.40. The van der Waals surface area contributed by atoms with Crippen molar-refractivity contribution < 1.29 is 47.5 Å². The van der Waals surface area contributed by atoms with Gasteiger partial charge in [-0.2, -0.15) is 0 Å². The summed E-state index contributed by atoms with van der Waals surface area (Å²) in [7, 11) is 4.37. The minimum absolute atomic E-state index is 0.0722. The first-order valence-corrected chi connectivity index (χ1v) is 10.2. The Hall–Kier alpha value is -3.66. The minimum atomic E-state index is -1.34. The van der Waals surface area contributed by atoms with E-state index >= 15 is 0 Å². The number of hydrogen-bond donors (Lipinski definition) is 0. The molecular weight excluding hydrogens is 436 g/mol. The number of rotatable bonds is 5. The highest BCUT2D eigenvalue weighted by atomic mass is 16.7. The summed E-state index contributed by atoms with van der Waals surface area (Å²) in [5, 5.41) is 0. The normalized spacial score (nSPS) is 24.3. The van der Waals surface area contributed by atoms with Gasteiger partial charge in [-0.05, 0) is 23.8 Å². The Balaban J connectivity index is 1.74. The van der Waals surface area contributed by atoms with Crippen LogP contribution < -0.4 is 28.4 Å². The quantitative estimate of drug-likeness (QED) is 0.490. The number of carbonyl (C=O) groups excluding carboxylic acids is 2. The molecule has 3 aliphatic heterocycles. The molecule has 10 nitrogen and oxygen atoms in total. The van der Waals surface area contributed by atoms with Gasteiger partial charge in [0.1, 0.15) is 11.7 Å². The number of methoxy groups -OCH3 is 3. The fourth-order valence-corrected chi connectivity index (χ4v) is 4.57. The van der Waals surface area contributed by atoms with Gasteiger partial charge in [-0.1, -0.05) is 0 Å². The molecule has 1 fully saturated rings. The molecule has 3 atom stereocenters. The number of ether oxygens (including phenoxy) is 8. The molecule has 10 heteroatoms. The summed E-state index contributed by atoms with van der Waals surface area (Å²) in [5.41, 5.74) is 1.33. The molecule has 0 spiro atoms. The van der Waals surface area contributed by atoms with Crippen LogP contribution in [0.25, 0.3) is 0 Å². The van der Waals surface area contributed by atoms with Crippen molar-refractivity contribution in [3.8, 4) is 34.5 Å². The van der Waals surface area contributed by atoms with Gasteiger partial charge in [-0.15, -0.1) is 0 Å². The highest BCUT2D eigenvalue weighted by Crippen LogP contribution is 2.56. The van der Waals surface area contributed by atoms with Gasteiger partial charge in [0, 0.05) is 31.6 Å². The first kappa shape index (κ1) is 21.2. The standard InChI is InChI=1S/C23H22O10/c1-11(24)32-21-17(26-2)5-12(6-18(21)27-3)19-13-7-15-16(31-10-30-15)8-14(13)33-23(28-4)9-29-22(25)20(19)23/h5-8,19-20H,9-10H2,1-4H3/t19-,20-,23+/m0/s1. The van der Waals surface area contributed by atoms with Crippen molar-refractivity contribution in [1.82, 2.24) is 0 Å². The zero-order chi connectivity index (χ0) is 23.3. The van der Waals surface area contributed by atoms with E-state index in [4.69, 9.17) is 37.9 Å². The van der Waals surface area contributed by atoms with Crippen LogP contribution in [0.15, 0.2) is 24.3 Å². The summed E-state index contributed by atoms with van der Waals surface area (Å²) in [6.07, 6.45) is 0. The summed E-state index contributed by atoms with van der Waals surface area (Å²) >= 11 is 0. The van der Waals surface area contributed by atoms with Crippen molar-refractivity contribution in [3.05, 3.63) is 35.4 Å². The van der Waals surface area contributed by atoms with E-state index in [9.17, 15) is 9.59 Å². The second-order valence-electron chi connectivity index (χ2n) is 7.77. The molecule has 33 heavy (non-hydrogen) atoms. The van der Waals surface area contributed by atoms with Gasteiger partial charge in [0.25, 0.3) is 5.79 Å². The number of fused-ring (bicyclic) bond motifs is 3. The van der Waals surface area contributed by atoms with Crippen molar-refractivity contribution in [1.29, 1.82) is 0 Å². The maximum absolute atomic E-state index is 13.0. The Bertz CT molecular complexity index is 1120. The lowest BCUT2D eigenvalue weighted by Crippen LogP contribution is -2.51. The third kappa shape index (κ3) is 3.20. The Morgan fingerprint density at radius 3 is 2.24 bits per heavy atom. The van der Waals surface area contributed by atoms with E-state index in [2.05, 4.69) is 0 Å². The molecule has 2 aromatic rings. The predicted octanol–water partition coefficient (Wildman–Crippen LogP) is 2.40. The fraction of sp³-hybridized carbons (Fsp3) is 0.391. The van der Waals surface area contributed by atoms with Crippen LogP contribution >= 0.6 is 0 Å². The molecule has 0 aromatic heterocycles. The van der Waals surface area contributed by atoms with Crippen molar-refractivity contribution in [3.63, 3.8) is 0 Å². The van der Waals surface area contributed by atoms with Crippen LogP contribution in [0.1, 0.15) is 24.0 Å². The van der Waals surface area contributed by atoms with Crippen LogP contribution in [0.4, 0.5) is 0 Å². The molecular formula is C23H22O10. The van der Waals surface area contributed by atoms with Gasteiger partial charge < -0.3 is 37.9 Å². The number of cyclic esters (lactones) is 1. The molecule has 1 saturated heterocycles. The van der Waals surface area contributed by atoms with Gasteiger partial charge in [0.05, 0.1) is 14.2 Å². The third-order valence-corrected chi connectivity index (χ3v) is 6.03. The predicted molar refractivity (Wildman–Crippen MR) is 110 cm³/mol. The van der Waals surface area contributed by atoms with Gasteiger partial charge in [-0.25, -0.2) is 0 Å². The zero-order valence-corrected chi connectivity index (χ0v) is 18.5. The molecule has 0 N–H and O–H groups in total. The molecule has 174 valence electrons. The molecule has 2 aromatic carbocycles. The highest BCUT2D eigenvalue weighted by molar-refractivity contribution is 5.80. The van der Waals surface area contributed by atoms with Gasteiger partial charge in [0.2, 0.25) is 12.5 Å². The molecule has 0 aliphatic carbocycles. The highest BCUT2D eigenvalue weighted by Gasteiger charge is 2.61. The van der Waals surface area contributed by atoms with E-state index in [0.29, 0.717) is 28.4 Å². The van der Waals surface area contributed by atoms with Crippen LogP contribution in [-0.2, 0) is 19.1 Å². The Kier molecular flexibility index (Phi) is 4.97. The molecule has 0 amide bonds. The third-order valence-electron chi connectivity index (χ3n) is 6.03. The van der Waals surface area contributed by atoms with Crippen LogP contribution in [0.2, 0.25) is 0 Å². The Morgan fingerprint density at radius 2 is 1.64 bits per heavy atom. The molecule has 5 rings (SSSR count).